The molecule has 0 unspecified atom stereocenters. The molecule has 0 fully saturated rings. The van der Waals surface area contributed by atoms with Crippen LogP contribution in [0.25, 0.3) is 0 Å². The molecule has 2 heterocycles. The summed E-state index contributed by atoms with van der Waals surface area (Å²) in [6, 6.07) is 2.80. The number of amides is 1. The molecule has 0 atom stereocenters. The number of carboxylic acid groups (broad SMARTS) is 1. The van der Waals surface area contributed by atoms with Crippen molar-refractivity contribution in [3.05, 3.63) is 41.9 Å². The van der Waals surface area contributed by atoms with Gasteiger partial charge in [-0.3, -0.25) is 9.48 Å². The molecule has 0 aliphatic heterocycles. The van der Waals surface area contributed by atoms with Gasteiger partial charge in [-0.25, -0.2) is 9.78 Å². The Bertz CT molecular complexity index is 589. The number of pyridine rings is 1. The van der Waals surface area contributed by atoms with E-state index in [1.807, 2.05) is 0 Å². The molecule has 7 nitrogen and oxygen atoms in total. The molecule has 7 heteroatoms. The fraction of sp³-hybridized carbons (Fsp3) is 0.0909. The molecule has 2 aromatic heterocycles. The van der Waals surface area contributed by atoms with Crippen LogP contribution in [-0.2, 0) is 7.05 Å². The molecule has 2 N–H and O–H groups in total. The summed E-state index contributed by atoms with van der Waals surface area (Å²) in [5.41, 5.74) is 0.469. The van der Waals surface area contributed by atoms with Crippen molar-refractivity contribution in [2.75, 3.05) is 5.32 Å². The molecule has 0 bridgehead atoms. The average molecular weight is 246 g/mol. The first kappa shape index (κ1) is 11.8. The smallest absolute Gasteiger partial charge is 0.337 e. The van der Waals surface area contributed by atoms with Gasteiger partial charge in [0.05, 0.1) is 17.3 Å². The van der Waals surface area contributed by atoms with Gasteiger partial charge in [-0.2, -0.15) is 5.10 Å². The molecule has 0 saturated carbocycles. The summed E-state index contributed by atoms with van der Waals surface area (Å²) in [5, 5.41) is 15.1. The highest BCUT2D eigenvalue weighted by atomic mass is 16.4. The van der Waals surface area contributed by atoms with E-state index >= 15 is 0 Å². The van der Waals surface area contributed by atoms with Crippen LogP contribution in [0.1, 0.15) is 20.7 Å². The van der Waals surface area contributed by atoms with Gasteiger partial charge in [0, 0.05) is 19.4 Å². The van der Waals surface area contributed by atoms with Crippen LogP contribution in [0, 0.1) is 0 Å². The second-order valence-corrected chi connectivity index (χ2v) is 3.59. The van der Waals surface area contributed by atoms with E-state index < -0.39 is 5.97 Å². The number of anilines is 1. The number of nitrogens with one attached hydrogen (secondary N) is 1. The molecule has 0 aromatic carbocycles. The zero-order valence-corrected chi connectivity index (χ0v) is 9.49. The van der Waals surface area contributed by atoms with Crippen molar-refractivity contribution >= 4 is 17.7 Å². The minimum absolute atomic E-state index is 0.0642. The SMILES string of the molecule is Cn1cc(C(=O)Nc2ccc(C(=O)O)cn2)cn1. The topological polar surface area (TPSA) is 97.1 Å². The number of aryl methyl sites for hydroxylation is 1. The van der Waals surface area contributed by atoms with Crippen molar-refractivity contribution in [3.8, 4) is 0 Å². The standard InChI is InChI=1S/C11H10N4O3/c1-15-6-8(5-13-15)10(16)14-9-3-2-7(4-12-9)11(17)18/h2-6H,1H3,(H,17,18)(H,12,14,16). The quantitative estimate of drug-likeness (QED) is 0.833. The third-order valence-electron chi connectivity index (χ3n) is 2.22. The van der Waals surface area contributed by atoms with Gasteiger partial charge in [0.1, 0.15) is 5.82 Å². The molecule has 0 saturated heterocycles. The first-order chi connectivity index (χ1) is 8.56. The number of carboxylic acids is 1. The summed E-state index contributed by atoms with van der Waals surface area (Å²) in [7, 11) is 1.71. The molecule has 1 amide bonds. The van der Waals surface area contributed by atoms with Gasteiger partial charge in [-0.1, -0.05) is 0 Å². The van der Waals surface area contributed by atoms with Crippen molar-refractivity contribution in [2.45, 2.75) is 0 Å². The number of carbonyl (C=O) groups excluding carboxylic acids is 1. The Morgan fingerprint density at radius 3 is 2.56 bits per heavy atom. The first-order valence-corrected chi connectivity index (χ1v) is 5.05. The van der Waals surface area contributed by atoms with Crippen LogP contribution in [-0.4, -0.2) is 31.7 Å². The summed E-state index contributed by atoms with van der Waals surface area (Å²) in [6.45, 7) is 0. The Kier molecular flexibility index (Phi) is 3.05. The molecule has 0 aliphatic rings. The van der Waals surface area contributed by atoms with Crippen LogP contribution in [0.5, 0.6) is 0 Å². The maximum absolute atomic E-state index is 11.7. The number of carbonyl (C=O) groups is 2. The lowest BCUT2D eigenvalue weighted by Gasteiger charge is -2.02. The Morgan fingerprint density at radius 2 is 2.06 bits per heavy atom. The lowest BCUT2D eigenvalue weighted by molar-refractivity contribution is 0.0696. The van der Waals surface area contributed by atoms with Gasteiger partial charge in [0.15, 0.2) is 0 Å². The van der Waals surface area contributed by atoms with Crippen LogP contribution >= 0.6 is 0 Å². The van der Waals surface area contributed by atoms with Crippen molar-refractivity contribution in [1.29, 1.82) is 0 Å². The molecular formula is C11H10N4O3. The molecular weight excluding hydrogens is 236 g/mol. The molecule has 0 radical (unpaired) electrons. The van der Waals surface area contributed by atoms with Gasteiger partial charge >= 0.3 is 5.97 Å². The van der Waals surface area contributed by atoms with E-state index in [4.69, 9.17) is 5.11 Å². The van der Waals surface area contributed by atoms with E-state index in [9.17, 15) is 9.59 Å². The lowest BCUT2D eigenvalue weighted by atomic mass is 10.3. The zero-order chi connectivity index (χ0) is 13.1. The van der Waals surface area contributed by atoms with Crippen molar-refractivity contribution in [1.82, 2.24) is 14.8 Å². The third-order valence-corrected chi connectivity index (χ3v) is 2.22. The summed E-state index contributed by atoms with van der Waals surface area (Å²) >= 11 is 0. The number of aromatic nitrogens is 3. The normalized spacial score (nSPS) is 10.1. The van der Waals surface area contributed by atoms with Crippen LogP contribution in [0.3, 0.4) is 0 Å². The highest BCUT2D eigenvalue weighted by Crippen LogP contribution is 2.07. The predicted octanol–water partition coefficient (Wildman–Crippen LogP) is 0.766. The maximum atomic E-state index is 11.7. The van der Waals surface area contributed by atoms with Crippen molar-refractivity contribution < 1.29 is 14.7 Å². The van der Waals surface area contributed by atoms with Crippen LogP contribution in [0.2, 0.25) is 0 Å². The van der Waals surface area contributed by atoms with Gasteiger partial charge < -0.3 is 10.4 Å². The first-order valence-electron chi connectivity index (χ1n) is 5.05. The summed E-state index contributed by atoms with van der Waals surface area (Å²) in [5.74, 6) is -1.12. The van der Waals surface area contributed by atoms with E-state index in [1.165, 1.54) is 29.2 Å². The number of hydrogen-bond donors (Lipinski definition) is 2. The molecule has 2 aromatic rings. The fourth-order valence-corrected chi connectivity index (χ4v) is 1.32. The third kappa shape index (κ3) is 2.51. The van der Waals surface area contributed by atoms with Crippen LogP contribution < -0.4 is 5.32 Å². The zero-order valence-electron chi connectivity index (χ0n) is 9.49. The predicted molar refractivity (Wildman–Crippen MR) is 62.4 cm³/mol. The monoisotopic (exact) mass is 246 g/mol. The van der Waals surface area contributed by atoms with Crippen molar-refractivity contribution in [3.63, 3.8) is 0 Å². The minimum atomic E-state index is -1.06. The Balaban J connectivity index is 2.10. The molecule has 18 heavy (non-hydrogen) atoms. The second kappa shape index (κ2) is 4.66. The number of rotatable bonds is 3. The van der Waals surface area contributed by atoms with Gasteiger partial charge in [0.25, 0.3) is 5.91 Å². The van der Waals surface area contributed by atoms with Gasteiger partial charge in [-0.05, 0) is 12.1 Å². The number of nitrogens with zero attached hydrogens (tertiary/aromatic N) is 3. The van der Waals surface area contributed by atoms with E-state index in [1.54, 1.807) is 13.2 Å². The van der Waals surface area contributed by atoms with Crippen LogP contribution in [0.4, 0.5) is 5.82 Å². The number of hydrogen-bond acceptors (Lipinski definition) is 4. The summed E-state index contributed by atoms with van der Waals surface area (Å²) in [6.07, 6.45) is 4.18. The average Bonchev–Trinajstić information content (AvgIpc) is 2.76. The maximum Gasteiger partial charge on any atom is 0.337 e. The Morgan fingerprint density at radius 1 is 1.28 bits per heavy atom. The summed E-state index contributed by atoms with van der Waals surface area (Å²) in [4.78, 5) is 26.2. The Hall–Kier alpha value is -2.70. The van der Waals surface area contributed by atoms with E-state index in [0.717, 1.165) is 0 Å². The summed E-state index contributed by atoms with van der Waals surface area (Å²) < 4.78 is 1.51. The van der Waals surface area contributed by atoms with E-state index in [0.29, 0.717) is 5.56 Å². The van der Waals surface area contributed by atoms with Gasteiger partial charge in [-0.15, -0.1) is 0 Å². The van der Waals surface area contributed by atoms with E-state index in [-0.39, 0.29) is 17.3 Å². The number of aromatic carboxylic acids is 1. The van der Waals surface area contributed by atoms with Crippen molar-refractivity contribution in [2.24, 2.45) is 7.05 Å². The minimum Gasteiger partial charge on any atom is -0.478 e. The molecule has 92 valence electrons. The molecule has 2 rings (SSSR count). The lowest BCUT2D eigenvalue weighted by Crippen LogP contribution is -2.12. The highest BCUT2D eigenvalue weighted by molar-refractivity contribution is 6.03. The molecule has 0 aliphatic carbocycles. The Labute approximate surface area is 102 Å². The molecule has 0 spiro atoms. The second-order valence-electron chi connectivity index (χ2n) is 3.59. The van der Waals surface area contributed by atoms with E-state index in [2.05, 4.69) is 15.4 Å². The van der Waals surface area contributed by atoms with Gasteiger partial charge in [0.2, 0.25) is 0 Å². The largest absolute Gasteiger partial charge is 0.478 e. The fourth-order valence-electron chi connectivity index (χ4n) is 1.32. The van der Waals surface area contributed by atoms with Crippen LogP contribution in [0.15, 0.2) is 30.7 Å². The highest BCUT2D eigenvalue weighted by Gasteiger charge is 2.09.